The lowest BCUT2D eigenvalue weighted by atomic mass is 10.0. The van der Waals surface area contributed by atoms with E-state index in [4.69, 9.17) is 10.5 Å². The maximum atomic E-state index is 9.76. The average Bonchev–Trinajstić information content (AvgIpc) is 2.61. The van der Waals surface area contributed by atoms with Gasteiger partial charge in [-0.05, 0) is 18.6 Å². The molecular formula is C12H15N3O2. The lowest BCUT2D eigenvalue weighted by molar-refractivity contribution is 0.374. The van der Waals surface area contributed by atoms with Crippen LogP contribution in [0.3, 0.4) is 0 Å². The molecule has 2 rings (SSSR count). The number of nitrogens with two attached hydrogens (primary N) is 1. The van der Waals surface area contributed by atoms with Crippen LogP contribution in [0, 0.1) is 6.92 Å². The van der Waals surface area contributed by atoms with Gasteiger partial charge in [-0.1, -0.05) is 6.07 Å². The zero-order valence-electron chi connectivity index (χ0n) is 10.1. The largest absolute Gasteiger partial charge is 0.504 e. The number of phenolic OH excluding ortho intramolecular Hbond substituents is 1. The molecule has 3 N–H and O–H groups in total. The number of nitrogens with zero attached hydrogens (tertiary/aromatic N) is 2. The van der Waals surface area contributed by atoms with Gasteiger partial charge in [0.2, 0.25) is 0 Å². The highest BCUT2D eigenvalue weighted by Crippen LogP contribution is 2.39. The number of rotatable bonds is 2. The summed E-state index contributed by atoms with van der Waals surface area (Å²) in [7, 11) is 3.29. The van der Waals surface area contributed by atoms with E-state index in [2.05, 4.69) is 5.10 Å². The highest BCUT2D eigenvalue weighted by Gasteiger charge is 2.16. The van der Waals surface area contributed by atoms with Gasteiger partial charge in [0.05, 0.1) is 18.4 Å². The molecular weight excluding hydrogens is 218 g/mol. The lowest BCUT2D eigenvalue weighted by Gasteiger charge is -2.10. The summed E-state index contributed by atoms with van der Waals surface area (Å²) >= 11 is 0. The van der Waals surface area contributed by atoms with Crippen LogP contribution in [0.4, 0.5) is 5.82 Å². The second-order valence-corrected chi connectivity index (χ2v) is 3.89. The minimum absolute atomic E-state index is 0.0947. The van der Waals surface area contributed by atoms with Crippen molar-refractivity contribution in [1.29, 1.82) is 0 Å². The van der Waals surface area contributed by atoms with E-state index in [-0.39, 0.29) is 5.75 Å². The molecule has 0 amide bonds. The van der Waals surface area contributed by atoms with Crippen molar-refractivity contribution in [3.63, 3.8) is 0 Å². The number of methoxy groups -OCH3 is 1. The first-order chi connectivity index (χ1) is 8.04. The summed E-state index contributed by atoms with van der Waals surface area (Å²) in [6, 6.07) is 5.17. The molecule has 90 valence electrons. The van der Waals surface area contributed by atoms with Gasteiger partial charge in [-0.3, -0.25) is 4.68 Å². The van der Waals surface area contributed by atoms with Crippen LogP contribution in [-0.4, -0.2) is 22.0 Å². The number of phenols is 1. The van der Waals surface area contributed by atoms with Crippen molar-refractivity contribution in [3.05, 3.63) is 23.8 Å². The van der Waals surface area contributed by atoms with Gasteiger partial charge in [0.1, 0.15) is 5.82 Å². The summed E-state index contributed by atoms with van der Waals surface area (Å²) in [5.74, 6) is 1.07. The number of anilines is 1. The molecule has 0 aliphatic carbocycles. The van der Waals surface area contributed by atoms with E-state index in [1.165, 1.54) is 7.11 Å². The predicted molar refractivity (Wildman–Crippen MR) is 66.0 cm³/mol. The zero-order valence-corrected chi connectivity index (χ0v) is 10.1. The first-order valence-corrected chi connectivity index (χ1v) is 5.21. The Labute approximate surface area is 99.4 Å². The first kappa shape index (κ1) is 11.3. The molecule has 1 heterocycles. The molecule has 0 bridgehead atoms. The molecule has 0 unspecified atom stereocenters. The Morgan fingerprint density at radius 1 is 1.41 bits per heavy atom. The number of hydrogen-bond donors (Lipinski definition) is 2. The van der Waals surface area contributed by atoms with Crippen molar-refractivity contribution in [3.8, 4) is 22.8 Å². The lowest BCUT2D eigenvalue weighted by Crippen LogP contribution is -1.97. The normalized spacial score (nSPS) is 10.5. The highest BCUT2D eigenvalue weighted by molar-refractivity contribution is 5.75. The van der Waals surface area contributed by atoms with E-state index in [0.717, 1.165) is 11.1 Å². The molecule has 0 aliphatic heterocycles. The monoisotopic (exact) mass is 233 g/mol. The maximum Gasteiger partial charge on any atom is 0.170 e. The SMILES string of the molecule is COc1c(O)ccc(C)c1-c1cc(N)n(C)n1. The molecule has 0 fully saturated rings. The van der Waals surface area contributed by atoms with Crippen LogP contribution < -0.4 is 10.5 Å². The molecule has 0 atom stereocenters. The second kappa shape index (κ2) is 4.01. The maximum absolute atomic E-state index is 9.76. The Morgan fingerprint density at radius 3 is 2.65 bits per heavy atom. The van der Waals surface area contributed by atoms with Crippen LogP contribution in [0.2, 0.25) is 0 Å². The third-order valence-electron chi connectivity index (χ3n) is 2.72. The molecule has 5 heteroatoms. The Hall–Kier alpha value is -2.17. The third-order valence-corrected chi connectivity index (χ3v) is 2.72. The zero-order chi connectivity index (χ0) is 12.6. The summed E-state index contributed by atoms with van der Waals surface area (Å²) in [5.41, 5.74) is 8.18. The van der Waals surface area contributed by atoms with Crippen LogP contribution >= 0.6 is 0 Å². The van der Waals surface area contributed by atoms with E-state index in [1.54, 1.807) is 23.9 Å². The van der Waals surface area contributed by atoms with Crippen LogP contribution in [0.1, 0.15) is 5.56 Å². The fraction of sp³-hybridized carbons (Fsp3) is 0.250. The molecule has 17 heavy (non-hydrogen) atoms. The van der Waals surface area contributed by atoms with Gasteiger partial charge >= 0.3 is 0 Å². The van der Waals surface area contributed by atoms with Crippen LogP contribution in [0.15, 0.2) is 18.2 Å². The number of ether oxygens (including phenoxy) is 1. The quantitative estimate of drug-likeness (QED) is 0.827. The van der Waals surface area contributed by atoms with Crippen molar-refractivity contribution in [1.82, 2.24) is 9.78 Å². The predicted octanol–water partition coefficient (Wildman–Crippen LogP) is 1.69. The fourth-order valence-electron chi connectivity index (χ4n) is 1.80. The topological polar surface area (TPSA) is 73.3 Å². The van der Waals surface area contributed by atoms with Crippen LogP contribution in [0.25, 0.3) is 11.3 Å². The van der Waals surface area contributed by atoms with Gasteiger partial charge < -0.3 is 15.6 Å². The summed E-state index contributed by atoms with van der Waals surface area (Å²) in [6.45, 7) is 1.93. The molecule has 1 aromatic heterocycles. The summed E-state index contributed by atoms with van der Waals surface area (Å²) in [5, 5.41) is 14.1. The van der Waals surface area contributed by atoms with Crippen molar-refractivity contribution < 1.29 is 9.84 Å². The number of aromatic hydroxyl groups is 1. The van der Waals surface area contributed by atoms with Gasteiger partial charge in [-0.15, -0.1) is 0 Å². The molecule has 0 spiro atoms. The molecule has 2 aromatic rings. The van der Waals surface area contributed by atoms with E-state index in [0.29, 0.717) is 17.3 Å². The Balaban J connectivity index is 2.69. The standard InChI is InChI=1S/C12H15N3O2/c1-7-4-5-9(16)12(17-3)11(7)8-6-10(13)15(2)14-8/h4-6,16H,13H2,1-3H3. The number of aryl methyl sites for hydroxylation is 2. The van der Waals surface area contributed by atoms with Crippen LogP contribution in [0.5, 0.6) is 11.5 Å². The molecule has 0 aliphatic rings. The number of benzene rings is 1. The Kier molecular flexibility index (Phi) is 2.67. The summed E-state index contributed by atoms with van der Waals surface area (Å²) in [4.78, 5) is 0. The van der Waals surface area contributed by atoms with Crippen molar-refractivity contribution in [2.75, 3.05) is 12.8 Å². The highest BCUT2D eigenvalue weighted by atomic mass is 16.5. The molecule has 1 aromatic carbocycles. The Morgan fingerprint density at radius 2 is 2.12 bits per heavy atom. The second-order valence-electron chi connectivity index (χ2n) is 3.89. The van der Waals surface area contributed by atoms with Gasteiger partial charge in [0, 0.05) is 13.1 Å². The smallest absolute Gasteiger partial charge is 0.170 e. The van der Waals surface area contributed by atoms with E-state index >= 15 is 0 Å². The number of nitrogen functional groups attached to an aromatic ring is 1. The van der Waals surface area contributed by atoms with E-state index < -0.39 is 0 Å². The van der Waals surface area contributed by atoms with E-state index in [9.17, 15) is 5.11 Å². The number of aromatic nitrogens is 2. The fourth-order valence-corrected chi connectivity index (χ4v) is 1.80. The molecule has 0 saturated carbocycles. The van der Waals surface area contributed by atoms with Gasteiger partial charge in [-0.25, -0.2) is 0 Å². The van der Waals surface area contributed by atoms with Gasteiger partial charge in [0.25, 0.3) is 0 Å². The third kappa shape index (κ3) is 1.80. The van der Waals surface area contributed by atoms with Crippen molar-refractivity contribution in [2.24, 2.45) is 7.05 Å². The first-order valence-electron chi connectivity index (χ1n) is 5.21. The van der Waals surface area contributed by atoms with Crippen LogP contribution in [-0.2, 0) is 7.05 Å². The molecule has 0 saturated heterocycles. The van der Waals surface area contributed by atoms with Gasteiger partial charge in [0.15, 0.2) is 11.5 Å². The summed E-state index contributed by atoms with van der Waals surface area (Å²) < 4.78 is 6.80. The van der Waals surface area contributed by atoms with Gasteiger partial charge in [-0.2, -0.15) is 5.10 Å². The summed E-state index contributed by atoms with van der Waals surface area (Å²) in [6.07, 6.45) is 0. The Bertz CT molecular complexity index is 542. The molecule has 5 nitrogen and oxygen atoms in total. The van der Waals surface area contributed by atoms with E-state index in [1.807, 2.05) is 13.0 Å². The minimum Gasteiger partial charge on any atom is -0.504 e. The minimum atomic E-state index is 0.0947. The molecule has 0 radical (unpaired) electrons. The van der Waals surface area contributed by atoms with Crippen molar-refractivity contribution >= 4 is 5.82 Å². The van der Waals surface area contributed by atoms with Crippen molar-refractivity contribution in [2.45, 2.75) is 6.92 Å². The number of hydrogen-bond acceptors (Lipinski definition) is 4. The average molecular weight is 233 g/mol.